The SMILES string of the molecule is CN[C@@H](C)C(=O)N[C@H](C(=O)N1CCC[C@H]1CN(CCc1ccccc1)C(=O)c1cn2cccnc2n1)C1=CCCCC1. The third-order valence-corrected chi connectivity index (χ3v) is 8.40. The highest BCUT2D eigenvalue weighted by Gasteiger charge is 2.37. The Labute approximate surface area is 247 Å². The van der Waals surface area contributed by atoms with E-state index in [1.165, 1.54) is 0 Å². The predicted molar refractivity (Wildman–Crippen MR) is 161 cm³/mol. The summed E-state index contributed by atoms with van der Waals surface area (Å²) in [6, 6.07) is 10.6. The third-order valence-electron chi connectivity index (χ3n) is 8.40. The van der Waals surface area contributed by atoms with Crippen LogP contribution in [0, 0.1) is 0 Å². The number of imidazole rings is 1. The molecule has 1 aromatic carbocycles. The maximum atomic E-state index is 14.1. The Balaban J connectivity index is 1.37. The Morgan fingerprint density at radius 3 is 2.69 bits per heavy atom. The summed E-state index contributed by atoms with van der Waals surface area (Å²) in [5.74, 6) is 0.00275. The zero-order chi connectivity index (χ0) is 29.5. The second kappa shape index (κ2) is 13.7. The Bertz CT molecular complexity index is 1390. The van der Waals surface area contributed by atoms with Gasteiger partial charge in [0.2, 0.25) is 17.6 Å². The van der Waals surface area contributed by atoms with E-state index in [2.05, 4.69) is 38.8 Å². The van der Waals surface area contributed by atoms with Crippen LogP contribution in [0.15, 0.2) is 66.6 Å². The van der Waals surface area contributed by atoms with Crippen molar-refractivity contribution >= 4 is 23.5 Å². The molecule has 10 nitrogen and oxygen atoms in total. The van der Waals surface area contributed by atoms with E-state index in [0.29, 0.717) is 37.5 Å². The smallest absolute Gasteiger partial charge is 0.274 e. The van der Waals surface area contributed by atoms with E-state index in [9.17, 15) is 14.4 Å². The van der Waals surface area contributed by atoms with Gasteiger partial charge in [0.15, 0.2) is 0 Å². The van der Waals surface area contributed by atoms with Crippen LogP contribution in [0.25, 0.3) is 5.78 Å². The Hall–Kier alpha value is -4.05. The topological polar surface area (TPSA) is 112 Å². The number of carbonyl (C=O) groups is 3. The Morgan fingerprint density at radius 1 is 1.12 bits per heavy atom. The number of nitrogens with one attached hydrogen (secondary N) is 2. The molecule has 42 heavy (non-hydrogen) atoms. The molecule has 2 aromatic heterocycles. The second-order valence-electron chi connectivity index (χ2n) is 11.2. The maximum absolute atomic E-state index is 14.1. The minimum absolute atomic E-state index is 0.0882. The minimum Gasteiger partial charge on any atom is -0.339 e. The summed E-state index contributed by atoms with van der Waals surface area (Å²) in [4.78, 5) is 53.4. The van der Waals surface area contributed by atoms with E-state index in [4.69, 9.17) is 0 Å². The lowest BCUT2D eigenvalue weighted by molar-refractivity contribution is -0.136. The first kappa shape index (κ1) is 29.4. The lowest BCUT2D eigenvalue weighted by Crippen LogP contribution is -2.55. The van der Waals surface area contributed by atoms with Gasteiger partial charge >= 0.3 is 0 Å². The molecular weight excluding hydrogens is 530 g/mol. The average molecular weight is 572 g/mol. The van der Waals surface area contributed by atoms with Crippen molar-refractivity contribution in [2.45, 2.75) is 70.0 Å². The highest BCUT2D eigenvalue weighted by Crippen LogP contribution is 2.26. The van der Waals surface area contributed by atoms with E-state index < -0.39 is 12.1 Å². The van der Waals surface area contributed by atoms with Gasteiger partial charge in [-0.05, 0) is 76.1 Å². The van der Waals surface area contributed by atoms with Gasteiger partial charge in [0.05, 0.1) is 6.04 Å². The molecule has 0 radical (unpaired) electrons. The summed E-state index contributed by atoms with van der Waals surface area (Å²) in [5.41, 5.74) is 2.45. The first-order valence-electron chi connectivity index (χ1n) is 15.0. The molecule has 2 N–H and O–H groups in total. The molecule has 0 saturated carbocycles. The molecule has 2 aliphatic rings. The lowest BCUT2D eigenvalue weighted by Gasteiger charge is -2.34. The number of aromatic nitrogens is 3. The van der Waals surface area contributed by atoms with Crippen LogP contribution in [0.4, 0.5) is 0 Å². The van der Waals surface area contributed by atoms with Crippen LogP contribution in [0.3, 0.4) is 0 Å². The number of allylic oxidation sites excluding steroid dienone is 1. The van der Waals surface area contributed by atoms with Crippen molar-refractivity contribution in [3.63, 3.8) is 0 Å². The second-order valence-corrected chi connectivity index (χ2v) is 11.2. The highest BCUT2D eigenvalue weighted by molar-refractivity contribution is 5.93. The summed E-state index contributed by atoms with van der Waals surface area (Å²) in [5, 5.41) is 6.01. The Kier molecular flexibility index (Phi) is 9.63. The quantitative estimate of drug-likeness (QED) is 0.342. The molecule has 3 atom stereocenters. The van der Waals surface area contributed by atoms with Crippen molar-refractivity contribution in [1.29, 1.82) is 0 Å². The molecule has 222 valence electrons. The van der Waals surface area contributed by atoms with Gasteiger partial charge in [-0.3, -0.25) is 18.8 Å². The molecule has 1 aliphatic heterocycles. The van der Waals surface area contributed by atoms with Crippen LogP contribution in [0.5, 0.6) is 0 Å². The fourth-order valence-corrected chi connectivity index (χ4v) is 5.85. The molecule has 1 fully saturated rings. The highest BCUT2D eigenvalue weighted by atomic mass is 16.2. The normalized spacial score (nSPS) is 18.4. The van der Waals surface area contributed by atoms with E-state index in [0.717, 1.165) is 49.7 Å². The van der Waals surface area contributed by atoms with E-state index in [1.54, 1.807) is 36.8 Å². The van der Waals surface area contributed by atoms with E-state index in [-0.39, 0.29) is 23.8 Å². The summed E-state index contributed by atoms with van der Waals surface area (Å²) in [6.07, 6.45) is 13.4. The summed E-state index contributed by atoms with van der Waals surface area (Å²) >= 11 is 0. The van der Waals surface area contributed by atoms with Crippen molar-refractivity contribution in [3.8, 4) is 0 Å². The number of amides is 3. The monoisotopic (exact) mass is 571 g/mol. The van der Waals surface area contributed by atoms with Crippen molar-refractivity contribution in [3.05, 3.63) is 77.9 Å². The van der Waals surface area contributed by atoms with E-state index >= 15 is 0 Å². The molecule has 3 heterocycles. The van der Waals surface area contributed by atoms with Crippen LogP contribution >= 0.6 is 0 Å². The van der Waals surface area contributed by atoms with Crippen LogP contribution in [0.2, 0.25) is 0 Å². The number of carbonyl (C=O) groups excluding carboxylic acids is 3. The lowest BCUT2D eigenvalue weighted by atomic mass is 9.92. The van der Waals surface area contributed by atoms with Gasteiger partial charge in [-0.15, -0.1) is 0 Å². The summed E-state index contributed by atoms with van der Waals surface area (Å²) in [6.45, 7) is 3.28. The molecule has 1 aliphatic carbocycles. The fraction of sp³-hybridized carbons (Fsp3) is 0.469. The largest absolute Gasteiger partial charge is 0.339 e. The van der Waals surface area contributed by atoms with Gasteiger partial charge in [-0.25, -0.2) is 9.97 Å². The van der Waals surface area contributed by atoms with Crippen molar-refractivity contribution < 1.29 is 14.4 Å². The van der Waals surface area contributed by atoms with Crippen LogP contribution < -0.4 is 10.6 Å². The number of hydrogen-bond acceptors (Lipinski definition) is 6. The molecule has 10 heteroatoms. The number of likely N-dealkylation sites (tertiary alicyclic amines) is 1. The van der Waals surface area contributed by atoms with Crippen molar-refractivity contribution in [2.24, 2.45) is 0 Å². The standard InChI is InChI=1S/C32H41N7O3/c1-23(33-2)29(40)36-28(25-13-7-4-8-14-25)31(42)39-19-9-15-26(39)21-37(20-16-24-11-5-3-6-12-24)30(41)27-22-38-18-10-17-34-32(38)35-27/h3,5-6,10-13,17-18,22-23,26,28,33H,4,7-9,14-16,19-21H2,1-2H3,(H,36,40)/t23-,26-,28-/m0/s1. The number of benzene rings is 1. The van der Waals surface area contributed by atoms with Crippen molar-refractivity contribution in [1.82, 2.24) is 34.8 Å². The molecule has 5 rings (SSSR count). The molecule has 3 amide bonds. The average Bonchev–Trinajstić information content (AvgIpc) is 3.69. The number of hydrogen-bond donors (Lipinski definition) is 2. The van der Waals surface area contributed by atoms with Gasteiger partial charge in [-0.1, -0.05) is 36.4 Å². The zero-order valence-electron chi connectivity index (χ0n) is 24.5. The van der Waals surface area contributed by atoms with Gasteiger partial charge < -0.3 is 20.4 Å². The van der Waals surface area contributed by atoms with Gasteiger partial charge in [0.1, 0.15) is 11.7 Å². The number of rotatable bonds is 11. The van der Waals surface area contributed by atoms with Crippen LogP contribution in [0.1, 0.15) is 61.5 Å². The van der Waals surface area contributed by atoms with Crippen molar-refractivity contribution in [2.75, 3.05) is 26.7 Å². The summed E-state index contributed by atoms with van der Waals surface area (Å²) in [7, 11) is 1.73. The maximum Gasteiger partial charge on any atom is 0.274 e. The fourth-order valence-electron chi connectivity index (χ4n) is 5.85. The van der Waals surface area contributed by atoms with Gasteiger partial charge in [-0.2, -0.15) is 0 Å². The minimum atomic E-state index is -0.688. The molecule has 0 unspecified atom stereocenters. The number of likely N-dealkylation sites (N-methyl/N-ethyl adjacent to an activating group) is 1. The molecule has 1 saturated heterocycles. The van der Waals surface area contributed by atoms with Crippen LogP contribution in [-0.2, 0) is 16.0 Å². The number of fused-ring (bicyclic) bond motifs is 1. The van der Waals surface area contributed by atoms with Gasteiger partial charge in [0, 0.05) is 44.3 Å². The van der Waals surface area contributed by atoms with E-state index in [1.807, 2.05) is 34.2 Å². The van der Waals surface area contributed by atoms with Crippen LogP contribution in [-0.4, -0.2) is 86.7 Å². The molecule has 0 spiro atoms. The first-order chi connectivity index (χ1) is 20.4. The predicted octanol–water partition coefficient (Wildman–Crippen LogP) is 3.00. The molecule has 3 aromatic rings. The number of nitrogens with zero attached hydrogens (tertiary/aromatic N) is 5. The molecular formula is C32H41N7O3. The summed E-state index contributed by atoms with van der Waals surface area (Å²) < 4.78 is 1.74. The zero-order valence-corrected chi connectivity index (χ0v) is 24.5. The van der Waals surface area contributed by atoms with Gasteiger partial charge in [0.25, 0.3) is 5.91 Å². The first-order valence-corrected chi connectivity index (χ1v) is 15.0. The molecule has 0 bridgehead atoms. The Morgan fingerprint density at radius 2 is 1.95 bits per heavy atom. The third kappa shape index (κ3) is 6.87.